The van der Waals surface area contributed by atoms with E-state index in [0.717, 1.165) is 42.8 Å². The van der Waals surface area contributed by atoms with Crippen molar-refractivity contribution in [2.45, 2.75) is 25.6 Å². The first-order valence-electron chi connectivity index (χ1n) is 6.11. The Kier molecular flexibility index (Phi) is 2.65. The fourth-order valence-electron chi connectivity index (χ4n) is 2.26. The van der Waals surface area contributed by atoms with E-state index < -0.39 is 5.79 Å². The van der Waals surface area contributed by atoms with E-state index in [0.29, 0.717) is 0 Å². The number of hydrogen-bond donors (Lipinski definition) is 0. The Morgan fingerprint density at radius 1 is 1.18 bits per heavy atom. The molecule has 0 N–H and O–H groups in total. The fourth-order valence-corrected chi connectivity index (χ4v) is 2.26. The molecule has 1 saturated heterocycles. The summed E-state index contributed by atoms with van der Waals surface area (Å²) in [5, 5.41) is 1.09. The van der Waals surface area contributed by atoms with Gasteiger partial charge in [-0.2, -0.15) is 0 Å². The number of rotatable bonds is 2. The quantitative estimate of drug-likeness (QED) is 0.795. The lowest BCUT2D eigenvalue weighted by atomic mass is 10.1. The zero-order valence-electron chi connectivity index (χ0n) is 9.94. The van der Waals surface area contributed by atoms with E-state index in [1.807, 2.05) is 30.3 Å². The van der Waals surface area contributed by atoms with Crippen molar-refractivity contribution >= 4 is 11.0 Å². The van der Waals surface area contributed by atoms with Crippen LogP contribution in [0.15, 0.2) is 34.7 Å². The SMILES string of the molecule is CCC1(c2cc3ccccc3o2)OCCCO1. The van der Waals surface area contributed by atoms with Crippen molar-refractivity contribution < 1.29 is 13.9 Å². The van der Waals surface area contributed by atoms with Gasteiger partial charge in [-0.05, 0) is 18.6 Å². The molecule has 0 amide bonds. The van der Waals surface area contributed by atoms with Crippen LogP contribution < -0.4 is 0 Å². The van der Waals surface area contributed by atoms with Gasteiger partial charge in [-0.15, -0.1) is 0 Å². The van der Waals surface area contributed by atoms with Crippen LogP contribution in [0.2, 0.25) is 0 Å². The van der Waals surface area contributed by atoms with Gasteiger partial charge in [-0.25, -0.2) is 0 Å². The minimum Gasteiger partial charge on any atom is -0.455 e. The van der Waals surface area contributed by atoms with E-state index in [-0.39, 0.29) is 0 Å². The third kappa shape index (κ3) is 1.75. The van der Waals surface area contributed by atoms with Crippen molar-refractivity contribution in [1.82, 2.24) is 0 Å². The first kappa shape index (κ1) is 10.8. The molecule has 1 aliphatic rings. The number of furan rings is 1. The molecule has 3 rings (SSSR count). The Hall–Kier alpha value is -1.32. The Morgan fingerprint density at radius 3 is 2.65 bits per heavy atom. The summed E-state index contributed by atoms with van der Waals surface area (Å²) in [4.78, 5) is 0. The van der Waals surface area contributed by atoms with Crippen LogP contribution in [-0.2, 0) is 15.3 Å². The van der Waals surface area contributed by atoms with Gasteiger partial charge in [0.2, 0.25) is 5.79 Å². The summed E-state index contributed by atoms with van der Waals surface area (Å²) in [6.07, 6.45) is 1.70. The number of ether oxygens (including phenoxy) is 2. The van der Waals surface area contributed by atoms with Gasteiger partial charge >= 0.3 is 0 Å². The third-order valence-corrected chi connectivity index (χ3v) is 3.23. The van der Waals surface area contributed by atoms with Crippen molar-refractivity contribution in [3.05, 3.63) is 36.1 Å². The van der Waals surface area contributed by atoms with Crippen LogP contribution in [0, 0.1) is 0 Å². The van der Waals surface area contributed by atoms with Crippen LogP contribution in [-0.4, -0.2) is 13.2 Å². The summed E-state index contributed by atoms with van der Waals surface area (Å²) in [7, 11) is 0. The first-order valence-corrected chi connectivity index (χ1v) is 6.11. The van der Waals surface area contributed by atoms with Crippen LogP contribution in [0.3, 0.4) is 0 Å². The van der Waals surface area contributed by atoms with E-state index >= 15 is 0 Å². The van der Waals surface area contributed by atoms with E-state index in [1.54, 1.807) is 0 Å². The molecule has 90 valence electrons. The zero-order chi connectivity index (χ0) is 11.7. The van der Waals surface area contributed by atoms with E-state index in [1.165, 1.54) is 0 Å². The molecule has 17 heavy (non-hydrogen) atoms. The first-order chi connectivity index (χ1) is 8.34. The maximum atomic E-state index is 5.85. The minimum atomic E-state index is -0.683. The van der Waals surface area contributed by atoms with Gasteiger partial charge in [0.25, 0.3) is 0 Å². The average molecular weight is 232 g/mol. The highest BCUT2D eigenvalue weighted by atomic mass is 16.7. The number of hydrogen-bond acceptors (Lipinski definition) is 3. The van der Waals surface area contributed by atoms with Gasteiger partial charge in [0, 0.05) is 11.8 Å². The van der Waals surface area contributed by atoms with E-state index in [2.05, 4.69) is 6.92 Å². The predicted molar refractivity (Wildman–Crippen MR) is 64.7 cm³/mol. The van der Waals surface area contributed by atoms with Crippen molar-refractivity contribution in [3.63, 3.8) is 0 Å². The Labute approximate surface area is 100 Å². The summed E-state index contributed by atoms with van der Waals surface area (Å²) in [6.45, 7) is 3.51. The van der Waals surface area contributed by atoms with Crippen molar-refractivity contribution in [3.8, 4) is 0 Å². The summed E-state index contributed by atoms with van der Waals surface area (Å²) in [5.74, 6) is 0.0953. The highest BCUT2D eigenvalue weighted by Crippen LogP contribution is 2.36. The number of benzene rings is 1. The second-order valence-electron chi connectivity index (χ2n) is 4.31. The molecule has 1 aromatic heterocycles. The van der Waals surface area contributed by atoms with Crippen molar-refractivity contribution in [1.29, 1.82) is 0 Å². The lowest BCUT2D eigenvalue weighted by Gasteiger charge is -2.34. The van der Waals surface area contributed by atoms with Gasteiger partial charge in [-0.3, -0.25) is 0 Å². The lowest BCUT2D eigenvalue weighted by Crippen LogP contribution is -2.37. The largest absolute Gasteiger partial charge is 0.455 e. The fraction of sp³-hybridized carbons (Fsp3) is 0.429. The monoisotopic (exact) mass is 232 g/mol. The number of para-hydroxylation sites is 1. The molecule has 0 atom stereocenters. The topological polar surface area (TPSA) is 31.6 Å². The van der Waals surface area contributed by atoms with Gasteiger partial charge in [0.15, 0.2) is 5.76 Å². The smallest absolute Gasteiger partial charge is 0.228 e. The standard InChI is InChI=1S/C14H16O3/c1-2-14(15-8-5-9-16-14)13-10-11-6-3-4-7-12(11)17-13/h3-4,6-7,10H,2,5,8-9H2,1H3. The molecule has 0 spiro atoms. The van der Waals surface area contributed by atoms with Crippen LogP contribution in [0.5, 0.6) is 0 Å². The van der Waals surface area contributed by atoms with Gasteiger partial charge in [-0.1, -0.05) is 25.1 Å². The molecule has 0 radical (unpaired) electrons. The van der Waals surface area contributed by atoms with Crippen molar-refractivity contribution in [2.24, 2.45) is 0 Å². The Balaban J connectivity index is 2.05. The maximum absolute atomic E-state index is 5.85. The van der Waals surface area contributed by atoms with Gasteiger partial charge in [0.05, 0.1) is 13.2 Å². The van der Waals surface area contributed by atoms with Crippen LogP contribution in [0.1, 0.15) is 25.5 Å². The molecule has 0 saturated carbocycles. The van der Waals surface area contributed by atoms with Gasteiger partial charge < -0.3 is 13.9 Å². The predicted octanol–water partition coefficient (Wildman–Crippen LogP) is 3.43. The molecule has 0 unspecified atom stereocenters. The molecular formula is C14H16O3. The summed E-state index contributed by atoms with van der Waals surface area (Å²) < 4.78 is 17.5. The molecular weight excluding hydrogens is 216 g/mol. The molecule has 3 nitrogen and oxygen atoms in total. The zero-order valence-corrected chi connectivity index (χ0v) is 9.94. The third-order valence-electron chi connectivity index (χ3n) is 3.23. The normalized spacial score (nSPS) is 19.6. The molecule has 1 aromatic carbocycles. The van der Waals surface area contributed by atoms with E-state index in [9.17, 15) is 0 Å². The molecule has 1 aliphatic heterocycles. The second kappa shape index (κ2) is 4.17. The highest BCUT2D eigenvalue weighted by molar-refractivity contribution is 5.77. The Morgan fingerprint density at radius 2 is 1.94 bits per heavy atom. The Bertz CT molecular complexity index is 476. The average Bonchev–Trinajstić information content (AvgIpc) is 2.84. The van der Waals surface area contributed by atoms with Crippen LogP contribution in [0.25, 0.3) is 11.0 Å². The molecule has 1 fully saturated rings. The summed E-state index contributed by atoms with van der Waals surface area (Å²) >= 11 is 0. The minimum absolute atomic E-state index is 0.683. The van der Waals surface area contributed by atoms with Gasteiger partial charge in [0.1, 0.15) is 5.58 Å². The van der Waals surface area contributed by atoms with Crippen LogP contribution >= 0.6 is 0 Å². The molecule has 3 heteroatoms. The molecule has 2 heterocycles. The molecule has 2 aromatic rings. The highest BCUT2D eigenvalue weighted by Gasteiger charge is 2.38. The van der Waals surface area contributed by atoms with Crippen LogP contribution in [0.4, 0.5) is 0 Å². The molecule has 0 bridgehead atoms. The maximum Gasteiger partial charge on any atom is 0.228 e. The number of fused-ring (bicyclic) bond motifs is 1. The summed E-state index contributed by atoms with van der Waals surface area (Å²) in [6, 6.07) is 9.99. The summed E-state index contributed by atoms with van der Waals surface area (Å²) in [5.41, 5.74) is 0.882. The van der Waals surface area contributed by atoms with Crippen molar-refractivity contribution in [2.75, 3.05) is 13.2 Å². The van der Waals surface area contributed by atoms with E-state index in [4.69, 9.17) is 13.9 Å². The second-order valence-corrected chi connectivity index (χ2v) is 4.31. The molecule has 0 aliphatic carbocycles. The lowest BCUT2D eigenvalue weighted by molar-refractivity contribution is -0.285.